The topological polar surface area (TPSA) is 70.5 Å². The number of carbonyl (C=O) groups is 2. The minimum atomic E-state index is -0.945. The fraction of sp³-hybridized carbons (Fsp3) is 0.350. The molecule has 2 heterocycles. The normalized spacial score (nSPS) is 17.1. The number of hydrogen-bond donors (Lipinski definition) is 1. The first-order valence-electron chi connectivity index (χ1n) is 8.84. The van der Waals surface area contributed by atoms with Crippen molar-refractivity contribution in [2.45, 2.75) is 39.7 Å². The lowest BCUT2D eigenvalue weighted by Crippen LogP contribution is -2.32. The lowest BCUT2D eigenvalue weighted by molar-refractivity contribution is -0.129. The van der Waals surface area contributed by atoms with Crippen LogP contribution in [0.15, 0.2) is 35.6 Å². The number of ketones is 1. The standard InChI is InChI=1S/C20H21FN2O3S/c1-4-5-10-23-16(13-8-6-7-9-14(13)21)15(18(25)20(23)26)17(24)19-11(2)22-12(3)27-19/h6-9,16,25H,4-5,10H2,1-3H3. The summed E-state index contributed by atoms with van der Waals surface area (Å²) in [6.45, 7) is 5.79. The highest BCUT2D eigenvalue weighted by Crippen LogP contribution is 2.41. The van der Waals surface area contributed by atoms with Crippen LogP contribution in [0.4, 0.5) is 4.39 Å². The molecule has 0 bridgehead atoms. The van der Waals surface area contributed by atoms with Crippen molar-refractivity contribution in [3.8, 4) is 0 Å². The predicted molar refractivity (Wildman–Crippen MR) is 101 cm³/mol. The first-order valence-corrected chi connectivity index (χ1v) is 9.65. The zero-order chi connectivity index (χ0) is 19.7. The smallest absolute Gasteiger partial charge is 0.290 e. The molecule has 2 aromatic rings. The average Bonchev–Trinajstić information content (AvgIpc) is 3.10. The molecule has 1 amide bonds. The highest BCUT2D eigenvalue weighted by atomic mass is 32.1. The Morgan fingerprint density at radius 2 is 2.04 bits per heavy atom. The van der Waals surface area contributed by atoms with Crippen molar-refractivity contribution in [1.82, 2.24) is 9.88 Å². The van der Waals surface area contributed by atoms with E-state index >= 15 is 0 Å². The summed E-state index contributed by atoms with van der Waals surface area (Å²) < 4.78 is 14.6. The van der Waals surface area contributed by atoms with Crippen LogP contribution in [0.1, 0.15) is 51.7 Å². The Balaban J connectivity index is 2.13. The first kappa shape index (κ1) is 19.2. The monoisotopic (exact) mass is 388 g/mol. The molecular weight excluding hydrogens is 367 g/mol. The Labute approximate surface area is 161 Å². The van der Waals surface area contributed by atoms with Crippen molar-refractivity contribution in [2.24, 2.45) is 0 Å². The molecule has 1 unspecified atom stereocenters. The summed E-state index contributed by atoms with van der Waals surface area (Å²) in [7, 11) is 0. The first-order chi connectivity index (χ1) is 12.9. The molecule has 1 N–H and O–H groups in total. The molecule has 0 fully saturated rings. The van der Waals surface area contributed by atoms with Crippen LogP contribution in [0.3, 0.4) is 0 Å². The summed E-state index contributed by atoms with van der Waals surface area (Å²) >= 11 is 1.20. The van der Waals surface area contributed by atoms with Gasteiger partial charge in [-0.1, -0.05) is 31.5 Å². The molecule has 5 nitrogen and oxygen atoms in total. The molecule has 1 aromatic heterocycles. The molecule has 0 radical (unpaired) electrons. The molecule has 1 aromatic carbocycles. The lowest BCUT2D eigenvalue weighted by Gasteiger charge is -2.27. The Bertz CT molecular complexity index is 935. The van der Waals surface area contributed by atoms with E-state index in [9.17, 15) is 19.1 Å². The van der Waals surface area contributed by atoms with Crippen LogP contribution in [0.2, 0.25) is 0 Å². The number of aryl methyl sites for hydroxylation is 2. The minimum absolute atomic E-state index is 0.0760. The van der Waals surface area contributed by atoms with Crippen molar-refractivity contribution >= 4 is 23.0 Å². The number of thiazole rings is 1. The molecule has 7 heteroatoms. The zero-order valence-corrected chi connectivity index (χ0v) is 16.3. The van der Waals surface area contributed by atoms with Gasteiger partial charge in [-0.3, -0.25) is 9.59 Å². The molecule has 0 spiro atoms. The van der Waals surface area contributed by atoms with Gasteiger partial charge in [-0.05, 0) is 26.3 Å². The third-order valence-corrected chi connectivity index (χ3v) is 5.68. The van der Waals surface area contributed by atoms with Crippen molar-refractivity contribution < 1.29 is 19.1 Å². The fourth-order valence-electron chi connectivity index (χ4n) is 3.33. The van der Waals surface area contributed by atoms with E-state index in [0.29, 0.717) is 28.5 Å². The summed E-state index contributed by atoms with van der Waals surface area (Å²) in [6, 6.07) is 5.09. The van der Waals surface area contributed by atoms with Crippen molar-refractivity contribution in [3.05, 3.63) is 62.6 Å². The van der Waals surface area contributed by atoms with Crippen LogP contribution in [-0.2, 0) is 4.79 Å². The molecular formula is C20H21FN2O3S. The number of carbonyl (C=O) groups excluding carboxylic acids is 2. The van der Waals surface area contributed by atoms with E-state index < -0.39 is 29.3 Å². The number of halogens is 1. The molecule has 0 saturated heterocycles. The van der Waals surface area contributed by atoms with Crippen LogP contribution in [-0.4, -0.2) is 33.2 Å². The number of aliphatic hydroxyl groups is 1. The number of benzene rings is 1. The molecule has 142 valence electrons. The summed E-state index contributed by atoms with van der Waals surface area (Å²) in [4.78, 5) is 31.9. The van der Waals surface area contributed by atoms with Gasteiger partial charge in [0.1, 0.15) is 5.82 Å². The number of amides is 1. The van der Waals surface area contributed by atoms with Crippen LogP contribution in [0.5, 0.6) is 0 Å². The second-order valence-electron chi connectivity index (χ2n) is 6.51. The number of unbranched alkanes of at least 4 members (excludes halogenated alkanes) is 1. The summed E-state index contributed by atoms with van der Waals surface area (Å²) in [5, 5.41) is 11.2. The number of Topliss-reactive ketones (excluding diaryl/α,β-unsaturated/α-hetero) is 1. The average molecular weight is 388 g/mol. The van der Waals surface area contributed by atoms with E-state index in [-0.39, 0.29) is 11.1 Å². The molecule has 27 heavy (non-hydrogen) atoms. The van der Waals surface area contributed by atoms with Gasteiger partial charge in [-0.15, -0.1) is 11.3 Å². The van der Waals surface area contributed by atoms with Gasteiger partial charge in [0.25, 0.3) is 5.91 Å². The SMILES string of the molecule is CCCCN1C(=O)C(O)=C(C(=O)c2sc(C)nc2C)C1c1ccccc1F. The van der Waals surface area contributed by atoms with Gasteiger partial charge in [-0.2, -0.15) is 0 Å². The molecule has 1 aliphatic rings. The largest absolute Gasteiger partial charge is 0.503 e. The van der Waals surface area contributed by atoms with Gasteiger partial charge in [0.15, 0.2) is 5.76 Å². The molecule has 3 rings (SSSR count). The molecule has 0 saturated carbocycles. The summed E-state index contributed by atoms with van der Waals surface area (Å²) in [5.74, 6) is -2.24. The summed E-state index contributed by atoms with van der Waals surface area (Å²) in [6.07, 6.45) is 1.51. The second kappa shape index (κ2) is 7.60. The predicted octanol–water partition coefficient (Wildman–Crippen LogP) is 4.28. The Hall–Kier alpha value is -2.54. The van der Waals surface area contributed by atoms with Crippen molar-refractivity contribution in [1.29, 1.82) is 0 Å². The number of aromatic nitrogens is 1. The number of aliphatic hydroxyl groups excluding tert-OH is 1. The van der Waals surface area contributed by atoms with Crippen LogP contribution < -0.4 is 0 Å². The Morgan fingerprint density at radius 1 is 1.33 bits per heavy atom. The molecule has 1 aliphatic heterocycles. The maximum Gasteiger partial charge on any atom is 0.290 e. The van der Waals surface area contributed by atoms with Gasteiger partial charge >= 0.3 is 0 Å². The Kier molecular flexibility index (Phi) is 5.41. The minimum Gasteiger partial charge on any atom is -0.503 e. The number of rotatable bonds is 6. The third-order valence-electron chi connectivity index (χ3n) is 4.61. The van der Waals surface area contributed by atoms with E-state index in [4.69, 9.17) is 0 Å². The second-order valence-corrected chi connectivity index (χ2v) is 7.72. The van der Waals surface area contributed by atoms with Crippen molar-refractivity contribution in [2.75, 3.05) is 6.54 Å². The molecule has 0 aliphatic carbocycles. The number of nitrogens with zero attached hydrogens (tertiary/aromatic N) is 2. The zero-order valence-electron chi connectivity index (χ0n) is 15.5. The number of hydrogen-bond acceptors (Lipinski definition) is 5. The highest BCUT2D eigenvalue weighted by Gasteiger charge is 2.45. The van der Waals surface area contributed by atoms with E-state index in [1.54, 1.807) is 32.0 Å². The maximum atomic E-state index is 14.6. The lowest BCUT2D eigenvalue weighted by atomic mass is 9.94. The Morgan fingerprint density at radius 3 is 2.63 bits per heavy atom. The van der Waals surface area contributed by atoms with E-state index in [0.717, 1.165) is 6.42 Å². The van der Waals surface area contributed by atoms with E-state index in [2.05, 4.69) is 4.98 Å². The van der Waals surface area contributed by atoms with Crippen LogP contribution in [0.25, 0.3) is 0 Å². The highest BCUT2D eigenvalue weighted by molar-refractivity contribution is 7.14. The van der Waals surface area contributed by atoms with Gasteiger partial charge in [0.05, 0.1) is 27.2 Å². The fourth-order valence-corrected chi connectivity index (χ4v) is 4.20. The van der Waals surface area contributed by atoms with Gasteiger partial charge in [0, 0.05) is 12.1 Å². The van der Waals surface area contributed by atoms with Gasteiger partial charge < -0.3 is 10.0 Å². The summed E-state index contributed by atoms with van der Waals surface area (Å²) in [5.41, 5.74) is 0.663. The van der Waals surface area contributed by atoms with Gasteiger partial charge in [0.2, 0.25) is 5.78 Å². The van der Waals surface area contributed by atoms with Crippen molar-refractivity contribution in [3.63, 3.8) is 0 Å². The van der Waals surface area contributed by atoms with Gasteiger partial charge in [-0.25, -0.2) is 9.37 Å². The molecule has 1 atom stereocenters. The quantitative estimate of drug-likeness (QED) is 0.750. The van der Waals surface area contributed by atoms with Crippen LogP contribution >= 0.6 is 11.3 Å². The van der Waals surface area contributed by atoms with E-state index in [1.807, 2.05) is 6.92 Å². The van der Waals surface area contributed by atoms with Crippen LogP contribution in [0, 0.1) is 19.7 Å². The maximum absolute atomic E-state index is 14.6. The van der Waals surface area contributed by atoms with E-state index in [1.165, 1.54) is 22.3 Å². The third kappa shape index (κ3) is 3.39.